The van der Waals surface area contributed by atoms with Crippen molar-refractivity contribution in [3.05, 3.63) is 58.5 Å². The smallest absolute Gasteiger partial charge is 0.0637 e. The summed E-state index contributed by atoms with van der Waals surface area (Å²) >= 11 is 8.36. The number of thiophene rings is 1. The van der Waals surface area contributed by atoms with E-state index in [9.17, 15) is 0 Å². The molecule has 0 radical (unpaired) electrons. The predicted octanol–water partition coefficient (Wildman–Crippen LogP) is 5.01. The van der Waals surface area contributed by atoms with Crippen LogP contribution >= 0.6 is 22.9 Å². The molecule has 1 aromatic carbocycles. The monoisotopic (exact) mass is 347 g/mol. The highest BCUT2D eigenvalue weighted by molar-refractivity contribution is 7.19. The second kappa shape index (κ2) is 7.63. The SMILES string of the molecule is C=CC1C=C(CCCO)CCN1Cc1sc2ccccc2c1Cl. The summed E-state index contributed by atoms with van der Waals surface area (Å²) in [5.74, 6) is 0. The first kappa shape index (κ1) is 16.7. The zero-order chi connectivity index (χ0) is 16.2. The Morgan fingerprint density at radius 1 is 1.39 bits per heavy atom. The van der Waals surface area contributed by atoms with Crippen LogP contribution in [0.2, 0.25) is 5.02 Å². The Morgan fingerprint density at radius 3 is 2.96 bits per heavy atom. The number of benzene rings is 1. The molecule has 0 amide bonds. The Kier molecular flexibility index (Phi) is 5.54. The number of halogens is 1. The number of aliphatic hydroxyl groups is 1. The molecule has 1 aromatic heterocycles. The molecule has 2 heterocycles. The molecule has 3 rings (SSSR count). The number of nitrogens with zero attached hydrogens (tertiary/aromatic N) is 1. The van der Waals surface area contributed by atoms with Crippen LogP contribution in [-0.4, -0.2) is 29.2 Å². The maximum atomic E-state index is 9.00. The molecule has 0 fully saturated rings. The summed E-state index contributed by atoms with van der Waals surface area (Å²) in [6.45, 7) is 6.12. The fourth-order valence-corrected chi connectivity index (χ4v) is 4.65. The molecule has 1 aliphatic rings. The largest absolute Gasteiger partial charge is 0.396 e. The molecule has 4 heteroatoms. The van der Waals surface area contributed by atoms with Crippen LogP contribution in [0.3, 0.4) is 0 Å². The third-order valence-electron chi connectivity index (χ3n) is 4.39. The second-order valence-electron chi connectivity index (χ2n) is 5.93. The lowest BCUT2D eigenvalue weighted by molar-refractivity contribution is 0.239. The van der Waals surface area contributed by atoms with Crippen LogP contribution in [-0.2, 0) is 6.54 Å². The number of hydrogen-bond acceptors (Lipinski definition) is 3. The summed E-state index contributed by atoms with van der Waals surface area (Å²) in [6.07, 6.45) is 7.19. The zero-order valence-electron chi connectivity index (χ0n) is 13.2. The summed E-state index contributed by atoms with van der Waals surface area (Å²) in [6, 6.07) is 8.56. The van der Waals surface area contributed by atoms with Crippen LogP contribution in [0.25, 0.3) is 10.1 Å². The minimum Gasteiger partial charge on any atom is -0.396 e. The average molecular weight is 348 g/mol. The van der Waals surface area contributed by atoms with Crippen molar-refractivity contribution in [3.8, 4) is 0 Å². The van der Waals surface area contributed by atoms with Gasteiger partial charge in [-0.05, 0) is 25.3 Å². The molecule has 122 valence electrons. The summed E-state index contributed by atoms with van der Waals surface area (Å²) < 4.78 is 1.25. The molecule has 1 N–H and O–H groups in total. The van der Waals surface area contributed by atoms with Crippen molar-refractivity contribution in [2.75, 3.05) is 13.2 Å². The summed E-state index contributed by atoms with van der Waals surface area (Å²) in [5.41, 5.74) is 1.43. The first-order valence-corrected chi connectivity index (χ1v) is 9.25. The van der Waals surface area contributed by atoms with Gasteiger partial charge in [0.25, 0.3) is 0 Å². The van der Waals surface area contributed by atoms with Gasteiger partial charge in [0.2, 0.25) is 0 Å². The highest BCUT2D eigenvalue weighted by atomic mass is 35.5. The minimum absolute atomic E-state index is 0.249. The third kappa shape index (κ3) is 3.69. The van der Waals surface area contributed by atoms with E-state index in [1.807, 2.05) is 12.1 Å². The van der Waals surface area contributed by atoms with Gasteiger partial charge in [0, 0.05) is 40.7 Å². The molecule has 0 saturated carbocycles. The van der Waals surface area contributed by atoms with Gasteiger partial charge in [-0.3, -0.25) is 4.90 Å². The Hall–Kier alpha value is -1.13. The van der Waals surface area contributed by atoms with Gasteiger partial charge in [-0.2, -0.15) is 0 Å². The number of hydrogen-bond donors (Lipinski definition) is 1. The minimum atomic E-state index is 0.249. The normalized spacial score (nSPS) is 19.0. The van der Waals surface area contributed by atoms with Crippen molar-refractivity contribution < 1.29 is 5.11 Å². The summed E-state index contributed by atoms with van der Waals surface area (Å²) in [4.78, 5) is 3.65. The van der Waals surface area contributed by atoms with Gasteiger partial charge < -0.3 is 5.11 Å². The Labute approximate surface area is 146 Å². The zero-order valence-corrected chi connectivity index (χ0v) is 14.7. The molecule has 1 unspecified atom stereocenters. The van der Waals surface area contributed by atoms with E-state index in [0.29, 0.717) is 0 Å². The summed E-state index contributed by atoms with van der Waals surface area (Å²) in [7, 11) is 0. The van der Waals surface area contributed by atoms with E-state index < -0.39 is 0 Å². The number of fused-ring (bicyclic) bond motifs is 1. The Bertz CT molecular complexity index is 721. The molecule has 23 heavy (non-hydrogen) atoms. The van der Waals surface area contributed by atoms with Crippen molar-refractivity contribution in [3.63, 3.8) is 0 Å². The molecule has 2 nitrogen and oxygen atoms in total. The van der Waals surface area contributed by atoms with Gasteiger partial charge in [-0.25, -0.2) is 0 Å². The molecule has 1 atom stereocenters. The van der Waals surface area contributed by atoms with Gasteiger partial charge >= 0.3 is 0 Å². The van der Waals surface area contributed by atoms with Gasteiger partial charge in [-0.15, -0.1) is 17.9 Å². The fraction of sp³-hybridized carbons (Fsp3) is 0.368. The van der Waals surface area contributed by atoms with E-state index in [-0.39, 0.29) is 12.6 Å². The van der Waals surface area contributed by atoms with E-state index in [0.717, 1.165) is 42.8 Å². The van der Waals surface area contributed by atoms with Crippen LogP contribution in [0.5, 0.6) is 0 Å². The lowest BCUT2D eigenvalue weighted by Crippen LogP contribution is -2.36. The van der Waals surface area contributed by atoms with Crippen LogP contribution < -0.4 is 0 Å². The highest BCUT2D eigenvalue weighted by Gasteiger charge is 2.22. The van der Waals surface area contributed by atoms with Gasteiger partial charge in [0.1, 0.15) is 0 Å². The van der Waals surface area contributed by atoms with E-state index in [1.165, 1.54) is 15.2 Å². The van der Waals surface area contributed by atoms with Crippen LogP contribution in [0.15, 0.2) is 48.6 Å². The molecule has 1 aliphatic heterocycles. The van der Waals surface area contributed by atoms with Gasteiger partial charge in [0.15, 0.2) is 0 Å². The van der Waals surface area contributed by atoms with Crippen molar-refractivity contribution in [1.29, 1.82) is 0 Å². The van der Waals surface area contributed by atoms with Gasteiger partial charge in [-0.1, -0.05) is 47.5 Å². The predicted molar refractivity (Wildman–Crippen MR) is 100 cm³/mol. The quantitative estimate of drug-likeness (QED) is 0.742. The molecule has 0 spiro atoms. The van der Waals surface area contributed by atoms with Crippen molar-refractivity contribution in [2.24, 2.45) is 0 Å². The first-order valence-electron chi connectivity index (χ1n) is 8.06. The maximum absolute atomic E-state index is 9.00. The lowest BCUT2D eigenvalue weighted by Gasteiger charge is -2.32. The molecule has 0 aliphatic carbocycles. The average Bonchev–Trinajstić information content (AvgIpc) is 2.90. The number of aliphatic hydroxyl groups excluding tert-OH is 1. The number of rotatable bonds is 6. The van der Waals surface area contributed by atoms with E-state index in [1.54, 1.807) is 11.3 Å². The molecular formula is C19H22ClNOS. The lowest BCUT2D eigenvalue weighted by atomic mass is 9.98. The fourth-order valence-electron chi connectivity index (χ4n) is 3.13. The first-order chi connectivity index (χ1) is 11.2. The molecule has 0 bridgehead atoms. The highest BCUT2D eigenvalue weighted by Crippen LogP contribution is 2.36. The van der Waals surface area contributed by atoms with Gasteiger partial charge in [0.05, 0.1) is 5.02 Å². The standard InChI is InChI=1S/C19H22ClNOS/c1-2-15-12-14(6-5-11-22)9-10-21(15)13-18-19(20)16-7-3-4-8-17(16)23-18/h2-4,7-8,12,15,22H,1,5-6,9-11,13H2. The van der Waals surface area contributed by atoms with Crippen molar-refractivity contribution in [2.45, 2.75) is 31.8 Å². The second-order valence-corrected chi connectivity index (χ2v) is 7.45. The van der Waals surface area contributed by atoms with Crippen LogP contribution in [0.4, 0.5) is 0 Å². The van der Waals surface area contributed by atoms with Crippen molar-refractivity contribution in [1.82, 2.24) is 4.90 Å². The molecular weight excluding hydrogens is 326 g/mol. The molecule has 2 aromatic rings. The van der Waals surface area contributed by atoms with Crippen LogP contribution in [0.1, 0.15) is 24.1 Å². The molecule has 0 saturated heterocycles. The van der Waals surface area contributed by atoms with Crippen LogP contribution in [0, 0.1) is 0 Å². The van der Waals surface area contributed by atoms with E-state index >= 15 is 0 Å². The van der Waals surface area contributed by atoms with Crippen molar-refractivity contribution >= 4 is 33.0 Å². The Morgan fingerprint density at radius 2 is 2.22 bits per heavy atom. The summed E-state index contributed by atoms with van der Waals surface area (Å²) in [5, 5.41) is 11.0. The van der Waals surface area contributed by atoms with E-state index in [4.69, 9.17) is 16.7 Å². The maximum Gasteiger partial charge on any atom is 0.0637 e. The topological polar surface area (TPSA) is 23.5 Å². The third-order valence-corrected chi connectivity index (χ3v) is 6.09. The van der Waals surface area contributed by atoms with E-state index in [2.05, 4.69) is 35.8 Å². The Balaban J connectivity index is 1.77.